The highest BCUT2D eigenvalue weighted by Crippen LogP contribution is 2.21. The van der Waals surface area contributed by atoms with Crippen molar-refractivity contribution in [3.8, 4) is 0 Å². The minimum atomic E-state index is -0.300. The van der Waals surface area contributed by atoms with Crippen LogP contribution in [0.4, 0.5) is 0 Å². The molecule has 0 atom stereocenters. The Morgan fingerprint density at radius 1 is 1.33 bits per heavy atom. The van der Waals surface area contributed by atoms with E-state index in [2.05, 4.69) is 26.6 Å². The minimum Gasteiger partial charge on any atom is -0.352 e. The van der Waals surface area contributed by atoms with Crippen LogP contribution in [0.5, 0.6) is 0 Å². The lowest BCUT2D eigenvalue weighted by Gasteiger charge is -2.20. The molecule has 1 aromatic rings. The van der Waals surface area contributed by atoms with Crippen LogP contribution in [0.2, 0.25) is 0 Å². The second-order valence-corrected chi connectivity index (χ2v) is 6.07. The van der Waals surface area contributed by atoms with Gasteiger partial charge in [0.15, 0.2) is 0 Å². The van der Waals surface area contributed by atoms with Crippen LogP contribution in [-0.4, -0.2) is 17.7 Å². The number of carbonyl (C=O) groups excluding carboxylic acids is 3. The lowest BCUT2D eigenvalue weighted by molar-refractivity contribution is -0.135. The molecule has 1 fully saturated rings. The number of hydrogen-bond acceptors (Lipinski definition) is 3. The molecule has 1 heterocycles. The average Bonchev–Trinajstić information content (AvgIpc) is 2.39. The number of hydrogen-bond donors (Lipinski definition) is 2. The van der Waals surface area contributed by atoms with Crippen molar-refractivity contribution in [2.75, 3.05) is 0 Å². The topological polar surface area (TPSA) is 75.3 Å². The Kier molecular flexibility index (Phi) is 5.12. The highest BCUT2D eigenvalue weighted by molar-refractivity contribution is 9.10. The summed E-state index contributed by atoms with van der Waals surface area (Å²) in [5, 5.41) is 5.07. The van der Waals surface area contributed by atoms with Gasteiger partial charge in [0.25, 0.3) is 0 Å². The number of halogens is 1. The molecule has 1 aliphatic heterocycles. The van der Waals surface area contributed by atoms with E-state index in [1.807, 2.05) is 25.1 Å². The summed E-state index contributed by atoms with van der Waals surface area (Å²) in [5.41, 5.74) is 2.11. The van der Waals surface area contributed by atoms with Gasteiger partial charge in [-0.2, -0.15) is 0 Å². The van der Waals surface area contributed by atoms with Gasteiger partial charge in [-0.05, 0) is 24.0 Å². The van der Waals surface area contributed by atoms with Crippen LogP contribution in [0.3, 0.4) is 0 Å². The fraction of sp³-hybridized carbons (Fsp3) is 0.400. The zero-order chi connectivity index (χ0) is 15.4. The molecule has 1 aliphatic rings. The Balaban J connectivity index is 1.86. The Morgan fingerprint density at radius 2 is 2.00 bits per heavy atom. The molecule has 0 aromatic heterocycles. The predicted molar refractivity (Wildman–Crippen MR) is 81.2 cm³/mol. The Morgan fingerprint density at radius 3 is 2.67 bits per heavy atom. The van der Waals surface area contributed by atoms with Crippen LogP contribution < -0.4 is 10.6 Å². The lowest BCUT2D eigenvalue weighted by atomic mass is 9.93. The van der Waals surface area contributed by atoms with Gasteiger partial charge < -0.3 is 5.32 Å². The number of benzene rings is 1. The van der Waals surface area contributed by atoms with E-state index >= 15 is 0 Å². The third-order valence-corrected chi connectivity index (χ3v) is 4.58. The highest BCUT2D eigenvalue weighted by atomic mass is 79.9. The normalized spacial score (nSPS) is 15.7. The molecule has 2 rings (SSSR count). The van der Waals surface area contributed by atoms with Crippen molar-refractivity contribution in [3.63, 3.8) is 0 Å². The van der Waals surface area contributed by atoms with Crippen LogP contribution in [0, 0.1) is 12.8 Å². The molecule has 0 saturated carbocycles. The maximum absolute atomic E-state index is 11.9. The maximum atomic E-state index is 11.9. The van der Waals surface area contributed by atoms with Crippen LogP contribution in [-0.2, 0) is 20.9 Å². The van der Waals surface area contributed by atoms with Crippen LogP contribution >= 0.6 is 15.9 Å². The fourth-order valence-corrected chi connectivity index (χ4v) is 2.78. The summed E-state index contributed by atoms with van der Waals surface area (Å²) in [6, 6.07) is 5.86. The van der Waals surface area contributed by atoms with Gasteiger partial charge in [-0.1, -0.05) is 34.1 Å². The first-order valence-electron chi connectivity index (χ1n) is 6.79. The van der Waals surface area contributed by atoms with Crippen molar-refractivity contribution in [1.29, 1.82) is 0 Å². The van der Waals surface area contributed by atoms with Gasteiger partial charge in [-0.3, -0.25) is 19.7 Å². The first-order chi connectivity index (χ1) is 9.95. The Bertz CT molecular complexity index is 570. The molecule has 2 N–H and O–H groups in total. The number of rotatable bonds is 4. The molecule has 1 aromatic carbocycles. The summed E-state index contributed by atoms with van der Waals surface area (Å²) in [5.74, 6) is -0.945. The fourth-order valence-electron chi connectivity index (χ4n) is 2.37. The second kappa shape index (κ2) is 6.85. The Hall–Kier alpha value is -1.69. The molecule has 6 heteroatoms. The van der Waals surface area contributed by atoms with E-state index in [9.17, 15) is 14.4 Å². The lowest BCUT2D eigenvalue weighted by Crippen LogP contribution is -2.40. The summed E-state index contributed by atoms with van der Waals surface area (Å²) in [4.78, 5) is 34.4. The third-order valence-electron chi connectivity index (χ3n) is 3.45. The first-order valence-corrected chi connectivity index (χ1v) is 7.58. The number of piperidine rings is 1. The van der Waals surface area contributed by atoms with Gasteiger partial charge in [0.05, 0.1) is 0 Å². The summed E-state index contributed by atoms with van der Waals surface area (Å²) in [6.45, 7) is 2.41. The van der Waals surface area contributed by atoms with Crippen molar-refractivity contribution in [2.24, 2.45) is 5.92 Å². The van der Waals surface area contributed by atoms with Crippen molar-refractivity contribution in [1.82, 2.24) is 10.6 Å². The zero-order valence-corrected chi connectivity index (χ0v) is 13.3. The van der Waals surface area contributed by atoms with E-state index in [1.165, 1.54) is 0 Å². The monoisotopic (exact) mass is 352 g/mol. The van der Waals surface area contributed by atoms with Gasteiger partial charge in [0.2, 0.25) is 17.7 Å². The van der Waals surface area contributed by atoms with Gasteiger partial charge in [0, 0.05) is 30.3 Å². The largest absolute Gasteiger partial charge is 0.352 e. The minimum absolute atomic E-state index is 0.143. The van der Waals surface area contributed by atoms with E-state index in [0.717, 1.165) is 15.6 Å². The summed E-state index contributed by atoms with van der Waals surface area (Å²) in [6.07, 6.45) is 0.656. The van der Waals surface area contributed by atoms with Crippen molar-refractivity contribution in [2.45, 2.75) is 32.7 Å². The van der Waals surface area contributed by atoms with E-state index in [0.29, 0.717) is 6.54 Å². The second-order valence-electron chi connectivity index (χ2n) is 5.27. The molecule has 112 valence electrons. The maximum Gasteiger partial charge on any atom is 0.226 e. The van der Waals surface area contributed by atoms with E-state index in [4.69, 9.17) is 0 Å². The van der Waals surface area contributed by atoms with Crippen LogP contribution in [0.1, 0.15) is 30.4 Å². The molecule has 0 spiro atoms. The number of nitrogens with one attached hydrogen (secondary N) is 2. The van der Waals surface area contributed by atoms with Gasteiger partial charge >= 0.3 is 0 Å². The molecule has 0 unspecified atom stereocenters. The summed E-state index contributed by atoms with van der Waals surface area (Å²) >= 11 is 3.50. The SMILES string of the molecule is Cc1cccc(CNC(=O)CC2CC(=O)NC(=O)C2)c1Br. The standard InChI is InChI=1S/C15H17BrN2O3/c1-9-3-2-4-11(15(9)16)8-17-12(19)5-10-6-13(20)18-14(21)7-10/h2-4,10H,5-8H2,1H3,(H,17,19)(H,18,20,21). The third kappa shape index (κ3) is 4.39. The van der Waals surface area contributed by atoms with Crippen molar-refractivity contribution in [3.05, 3.63) is 33.8 Å². The summed E-state index contributed by atoms with van der Waals surface area (Å²) in [7, 11) is 0. The molecule has 5 nitrogen and oxygen atoms in total. The van der Waals surface area contributed by atoms with E-state index in [-0.39, 0.29) is 42.9 Å². The molecule has 0 radical (unpaired) electrons. The number of imide groups is 1. The number of carbonyl (C=O) groups is 3. The smallest absolute Gasteiger partial charge is 0.226 e. The van der Waals surface area contributed by atoms with Crippen LogP contribution in [0.15, 0.2) is 22.7 Å². The molecular formula is C15H17BrN2O3. The summed E-state index contributed by atoms with van der Waals surface area (Å²) < 4.78 is 0.984. The van der Waals surface area contributed by atoms with Crippen LogP contribution in [0.25, 0.3) is 0 Å². The predicted octanol–water partition coefficient (Wildman–Crippen LogP) is 1.82. The molecule has 1 saturated heterocycles. The van der Waals surface area contributed by atoms with E-state index in [1.54, 1.807) is 0 Å². The molecule has 3 amide bonds. The quantitative estimate of drug-likeness (QED) is 0.811. The van der Waals surface area contributed by atoms with Gasteiger partial charge in [-0.25, -0.2) is 0 Å². The molecule has 21 heavy (non-hydrogen) atoms. The molecule has 0 aliphatic carbocycles. The van der Waals surface area contributed by atoms with E-state index < -0.39 is 0 Å². The van der Waals surface area contributed by atoms with Crippen molar-refractivity contribution < 1.29 is 14.4 Å². The molecule has 0 bridgehead atoms. The highest BCUT2D eigenvalue weighted by Gasteiger charge is 2.26. The first kappa shape index (κ1) is 15.7. The number of amides is 3. The van der Waals surface area contributed by atoms with Crippen molar-refractivity contribution >= 4 is 33.7 Å². The van der Waals surface area contributed by atoms with Gasteiger partial charge in [0.1, 0.15) is 0 Å². The zero-order valence-electron chi connectivity index (χ0n) is 11.7. The van der Waals surface area contributed by atoms with Gasteiger partial charge in [-0.15, -0.1) is 0 Å². The number of aryl methyl sites for hydroxylation is 1. The Labute approximate surface area is 131 Å². The average molecular weight is 353 g/mol. The molecular weight excluding hydrogens is 336 g/mol.